The van der Waals surface area contributed by atoms with E-state index in [2.05, 4.69) is 0 Å². The highest BCUT2D eigenvalue weighted by Gasteiger charge is 2.15. The summed E-state index contributed by atoms with van der Waals surface area (Å²) in [6, 6.07) is 5.44. The molecule has 1 aromatic carbocycles. The standard InChI is InChI=1S/C14H20O4/c1-16-13-6-5-11(9-15)8-14(13)18-10-12-4-2-3-7-17-12/h5-6,8,12,15H,2-4,7,9-10H2,1H3. The lowest BCUT2D eigenvalue weighted by Gasteiger charge is -2.23. The molecule has 1 aromatic rings. The summed E-state index contributed by atoms with van der Waals surface area (Å²) in [6.45, 7) is 1.35. The highest BCUT2D eigenvalue weighted by atomic mass is 16.5. The van der Waals surface area contributed by atoms with Crippen molar-refractivity contribution >= 4 is 0 Å². The Morgan fingerprint density at radius 3 is 2.89 bits per heavy atom. The first kappa shape index (κ1) is 13.2. The molecule has 0 saturated carbocycles. The fraction of sp³-hybridized carbons (Fsp3) is 0.571. The molecule has 0 aliphatic carbocycles. The van der Waals surface area contributed by atoms with Gasteiger partial charge in [0.05, 0.1) is 19.8 Å². The number of aliphatic hydroxyl groups excluding tert-OH is 1. The van der Waals surface area contributed by atoms with Crippen molar-refractivity contribution in [1.29, 1.82) is 0 Å². The summed E-state index contributed by atoms with van der Waals surface area (Å²) in [7, 11) is 1.61. The topological polar surface area (TPSA) is 47.9 Å². The molecule has 4 nitrogen and oxygen atoms in total. The molecule has 1 aliphatic rings. The van der Waals surface area contributed by atoms with E-state index in [-0.39, 0.29) is 12.7 Å². The highest BCUT2D eigenvalue weighted by Crippen LogP contribution is 2.28. The van der Waals surface area contributed by atoms with E-state index in [1.54, 1.807) is 7.11 Å². The number of rotatable bonds is 5. The lowest BCUT2D eigenvalue weighted by atomic mass is 10.1. The molecule has 0 bridgehead atoms. The van der Waals surface area contributed by atoms with E-state index in [1.807, 2.05) is 18.2 Å². The van der Waals surface area contributed by atoms with Gasteiger partial charge in [0.1, 0.15) is 6.61 Å². The predicted octanol–water partition coefficient (Wildman–Crippen LogP) is 2.14. The second-order valence-corrected chi connectivity index (χ2v) is 4.44. The zero-order valence-corrected chi connectivity index (χ0v) is 10.7. The van der Waals surface area contributed by atoms with Gasteiger partial charge in [-0.25, -0.2) is 0 Å². The molecule has 4 heteroatoms. The monoisotopic (exact) mass is 252 g/mol. The average Bonchev–Trinajstić information content (AvgIpc) is 2.45. The first-order chi connectivity index (χ1) is 8.83. The Kier molecular flexibility index (Phi) is 4.84. The van der Waals surface area contributed by atoms with Crippen molar-refractivity contribution in [3.63, 3.8) is 0 Å². The third-order valence-corrected chi connectivity index (χ3v) is 3.11. The fourth-order valence-corrected chi connectivity index (χ4v) is 2.05. The highest BCUT2D eigenvalue weighted by molar-refractivity contribution is 5.42. The van der Waals surface area contributed by atoms with E-state index in [9.17, 15) is 0 Å². The summed E-state index contributed by atoms with van der Waals surface area (Å²) < 4.78 is 16.6. The van der Waals surface area contributed by atoms with Crippen LogP contribution in [0.2, 0.25) is 0 Å². The largest absolute Gasteiger partial charge is 0.493 e. The number of aliphatic hydroxyl groups is 1. The molecule has 0 spiro atoms. The maximum Gasteiger partial charge on any atom is 0.161 e. The van der Waals surface area contributed by atoms with Crippen LogP contribution in [0.25, 0.3) is 0 Å². The summed E-state index contributed by atoms with van der Waals surface area (Å²) in [5.41, 5.74) is 0.815. The van der Waals surface area contributed by atoms with Crippen LogP contribution in [0, 0.1) is 0 Å². The van der Waals surface area contributed by atoms with Crippen molar-refractivity contribution in [3.05, 3.63) is 23.8 Å². The van der Waals surface area contributed by atoms with E-state index in [1.165, 1.54) is 6.42 Å². The maximum absolute atomic E-state index is 9.12. The molecule has 2 rings (SSSR count). The first-order valence-corrected chi connectivity index (χ1v) is 6.35. The second kappa shape index (κ2) is 6.61. The van der Waals surface area contributed by atoms with Gasteiger partial charge in [0.25, 0.3) is 0 Å². The summed E-state index contributed by atoms with van der Waals surface area (Å²) in [6.07, 6.45) is 3.55. The van der Waals surface area contributed by atoms with Crippen molar-refractivity contribution in [2.75, 3.05) is 20.3 Å². The first-order valence-electron chi connectivity index (χ1n) is 6.35. The molecule has 0 amide bonds. The van der Waals surface area contributed by atoms with Crippen molar-refractivity contribution in [2.45, 2.75) is 32.0 Å². The van der Waals surface area contributed by atoms with Gasteiger partial charge in [0.15, 0.2) is 11.5 Å². The molecule has 100 valence electrons. The zero-order chi connectivity index (χ0) is 12.8. The Bertz CT molecular complexity index is 372. The summed E-state index contributed by atoms with van der Waals surface area (Å²) in [4.78, 5) is 0. The Labute approximate surface area is 107 Å². The Morgan fingerprint density at radius 2 is 2.22 bits per heavy atom. The van der Waals surface area contributed by atoms with Crippen molar-refractivity contribution in [1.82, 2.24) is 0 Å². The molecular formula is C14H20O4. The van der Waals surface area contributed by atoms with E-state index in [0.29, 0.717) is 18.1 Å². The minimum absolute atomic E-state index is 0.000281. The van der Waals surface area contributed by atoms with Gasteiger partial charge in [-0.05, 0) is 37.0 Å². The Hall–Kier alpha value is -1.26. The molecular weight excluding hydrogens is 232 g/mol. The zero-order valence-electron chi connectivity index (χ0n) is 10.7. The molecule has 1 atom stereocenters. The number of hydrogen-bond donors (Lipinski definition) is 1. The molecule has 1 unspecified atom stereocenters. The van der Waals surface area contributed by atoms with Gasteiger partial charge in [-0.3, -0.25) is 0 Å². The average molecular weight is 252 g/mol. The van der Waals surface area contributed by atoms with Crippen LogP contribution < -0.4 is 9.47 Å². The number of ether oxygens (including phenoxy) is 3. The van der Waals surface area contributed by atoms with Crippen LogP contribution in [0.4, 0.5) is 0 Å². The van der Waals surface area contributed by atoms with Gasteiger partial charge in [-0.15, -0.1) is 0 Å². The smallest absolute Gasteiger partial charge is 0.161 e. The summed E-state index contributed by atoms with van der Waals surface area (Å²) in [5, 5.41) is 9.12. The lowest BCUT2D eigenvalue weighted by molar-refractivity contribution is -0.0115. The summed E-state index contributed by atoms with van der Waals surface area (Å²) in [5.74, 6) is 1.35. The van der Waals surface area contributed by atoms with Crippen LogP contribution in [-0.4, -0.2) is 31.5 Å². The normalized spacial score (nSPS) is 19.6. The van der Waals surface area contributed by atoms with Crippen LogP contribution >= 0.6 is 0 Å². The van der Waals surface area contributed by atoms with Gasteiger partial charge < -0.3 is 19.3 Å². The van der Waals surface area contributed by atoms with E-state index < -0.39 is 0 Å². The van der Waals surface area contributed by atoms with Gasteiger partial charge >= 0.3 is 0 Å². The quantitative estimate of drug-likeness (QED) is 0.872. The Morgan fingerprint density at radius 1 is 1.33 bits per heavy atom. The van der Waals surface area contributed by atoms with E-state index >= 15 is 0 Å². The fourth-order valence-electron chi connectivity index (χ4n) is 2.05. The van der Waals surface area contributed by atoms with Gasteiger partial charge in [-0.2, -0.15) is 0 Å². The minimum Gasteiger partial charge on any atom is -0.493 e. The maximum atomic E-state index is 9.12. The van der Waals surface area contributed by atoms with Crippen LogP contribution in [0.1, 0.15) is 24.8 Å². The van der Waals surface area contributed by atoms with Crippen molar-refractivity contribution in [2.24, 2.45) is 0 Å². The molecule has 0 radical (unpaired) electrons. The molecule has 1 aliphatic heterocycles. The molecule has 18 heavy (non-hydrogen) atoms. The lowest BCUT2D eigenvalue weighted by Crippen LogP contribution is -2.25. The number of hydrogen-bond acceptors (Lipinski definition) is 4. The predicted molar refractivity (Wildman–Crippen MR) is 68.0 cm³/mol. The molecule has 0 aromatic heterocycles. The number of benzene rings is 1. The van der Waals surface area contributed by atoms with Gasteiger partial charge in [0.2, 0.25) is 0 Å². The van der Waals surface area contributed by atoms with Crippen molar-refractivity contribution in [3.8, 4) is 11.5 Å². The van der Waals surface area contributed by atoms with Gasteiger partial charge in [0, 0.05) is 6.61 Å². The molecule has 1 fully saturated rings. The third-order valence-electron chi connectivity index (χ3n) is 3.11. The Balaban J connectivity index is 1.97. The molecule has 1 heterocycles. The third kappa shape index (κ3) is 3.37. The second-order valence-electron chi connectivity index (χ2n) is 4.44. The SMILES string of the molecule is COc1ccc(CO)cc1OCC1CCCCO1. The number of methoxy groups -OCH3 is 1. The minimum atomic E-state index is 0.000281. The van der Waals surface area contributed by atoms with Gasteiger partial charge in [-0.1, -0.05) is 6.07 Å². The van der Waals surface area contributed by atoms with E-state index in [4.69, 9.17) is 19.3 Å². The van der Waals surface area contributed by atoms with Crippen LogP contribution in [0.3, 0.4) is 0 Å². The molecule has 1 N–H and O–H groups in total. The van der Waals surface area contributed by atoms with Crippen molar-refractivity contribution < 1.29 is 19.3 Å². The van der Waals surface area contributed by atoms with Crippen LogP contribution in [0.15, 0.2) is 18.2 Å². The molecule has 1 saturated heterocycles. The summed E-state index contributed by atoms with van der Waals surface area (Å²) >= 11 is 0. The van der Waals surface area contributed by atoms with Crippen LogP contribution in [-0.2, 0) is 11.3 Å². The van der Waals surface area contributed by atoms with E-state index in [0.717, 1.165) is 25.0 Å². The van der Waals surface area contributed by atoms with Crippen LogP contribution in [0.5, 0.6) is 11.5 Å².